The van der Waals surface area contributed by atoms with Crippen molar-refractivity contribution in [1.82, 2.24) is 0 Å². The maximum absolute atomic E-state index is 5.96. The average Bonchev–Trinajstić information content (AvgIpc) is 2.73. The van der Waals surface area contributed by atoms with Gasteiger partial charge in [0.1, 0.15) is 0 Å². The van der Waals surface area contributed by atoms with Crippen LogP contribution in [0.5, 0.6) is 0 Å². The smallest absolute Gasteiger partial charge is 0.0618 e. The van der Waals surface area contributed by atoms with Crippen molar-refractivity contribution in [2.75, 3.05) is 13.2 Å². The van der Waals surface area contributed by atoms with E-state index in [-0.39, 0.29) is 0 Å². The number of rotatable bonds is 2. The molecule has 2 heteroatoms. The Labute approximate surface area is 80.8 Å². The molecule has 1 heterocycles. The van der Waals surface area contributed by atoms with Gasteiger partial charge in [0.25, 0.3) is 0 Å². The molecule has 2 nitrogen and oxygen atoms in total. The third kappa shape index (κ3) is 1.40. The Kier molecular flexibility index (Phi) is 2.61. The summed E-state index contributed by atoms with van der Waals surface area (Å²) in [5, 5.41) is 0. The molecular weight excluding hydrogens is 162 g/mol. The molecule has 2 fully saturated rings. The summed E-state index contributed by atoms with van der Waals surface area (Å²) in [5.41, 5.74) is 6.29. The molecule has 1 aliphatic carbocycles. The lowest BCUT2D eigenvalue weighted by atomic mass is 9.70. The molecule has 0 radical (unpaired) electrons. The van der Waals surface area contributed by atoms with E-state index in [9.17, 15) is 0 Å². The van der Waals surface area contributed by atoms with Gasteiger partial charge in [-0.15, -0.1) is 0 Å². The third-order valence-electron chi connectivity index (χ3n) is 4.29. The van der Waals surface area contributed by atoms with E-state index in [4.69, 9.17) is 10.5 Å². The van der Waals surface area contributed by atoms with E-state index in [1.807, 2.05) is 0 Å². The second-order valence-electron chi connectivity index (χ2n) is 4.68. The van der Waals surface area contributed by atoms with Crippen molar-refractivity contribution in [2.45, 2.75) is 45.1 Å². The number of nitrogens with two attached hydrogens (primary N) is 1. The van der Waals surface area contributed by atoms with E-state index < -0.39 is 0 Å². The molecule has 13 heavy (non-hydrogen) atoms. The van der Waals surface area contributed by atoms with Crippen molar-refractivity contribution in [3.05, 3.63) is 0 Å². The van der Waals surface area contributed by atoms with Crippen molar-refractivity contribution in [1.29, 1.82) is 0 Å². The van der Waals surface area contributed by atoms with Gasteiger partial charge in [0.15, 0.2) is 0 Å². The molecule has 2 rings (SSSR count). The van der Waals surface area contributed by atoms with Gasteiger partial charge in [0, 0.05) is 18.6 Å². The molecule has 0 amide bonds. The van der Waals surface area contributed by atoms with Crippen molar-refractivity contribution in [3.8, 4) is 0 Å². The number of hydrogen-bond acceptors (Lipinski definition) is 2. The van der Waals surface area contributed by atoms with Crippen LogP contribution in [0.2, 0.25) is 0 Å². The summed E-state index contributed by atoms with van der Waals surface area (Å²) in [6.07, 6.45) is 7.14. The summed E-state index contributed by atoms with van der Waals surface area (Å²) in [6.45, 7) is 3.95. The zero-order chi connectivity index (χ0) is 9.31. The van der Waals surface area contributed by atoms with Crippen LogP contribution in [-0.4, -0.2) is 19.3 Å². The second-order valence-corrected chi connectivity index (χ2v) is 4.68. The first kappa shape index (κ1) is 9.47. The lowest BCUT2D eigenvalue weighted by Crippen LogP contribution is -2.42. The second kappa shape index (κ2) is 3.58. The number of hydrogen-bond donors (Lipinski definition) is 1. The summed E-state index contributed by atoms with van der Waals surface area (Å²) in [6, 6.07) is 0. The third-order valence-corrected chi connectivity index (χ3v) is 4.29. The molecule has 0 aromatic heterocycles. The molecular formula is C11H21NO. The van der Waals surface area contributed by atoms with E-state index in [0.717, 1.165) is 19.1 Å². The predicted octanol–water partition coefficient (Wildman–Crippen LogP) is 1.93. The van der Waals surface area contributed by atoms with Gasteiger partial charge in [-0.1, -0.05) is 12.8 Å². The Balaban J connectivity index is 2.13. The maximum atomic E-state index is 5.96. The minimum atomic E-state index is 0.330. The normalized spacial score (nSPS) is 41.5. The maximum Gasteiger partial charge on any atom is 0.0618 e. The van der Waals surface area contributed by atoms with Gasteiger partial charge in [0.05, 0.1) is 6.10 Å². The van der Waals surface area contributed by atoms with E-state index in [1.54, 1.807) is 0 Å². The zero-order valence-electron chi connectivity index (χ0n) is 8.59. The monoisotopic (exact) mass is 183 g/mol. The first-order valence-electron chi connectivity index (χ1n) is 5.61. The van der Waals surface area contributed by atoms with Crippen LogP contribution < -0.4 is 5.73 Å². The molecule has 0 aromatic carbocycles. The fourth-order valence-corrected chi connectivity index (χ4v) is 3.27. The molecule has 1 saturated carbocycles. The summed E-state index contributed by atoms with van der Waals surface area (Å²) in [5.74, 6) is 0.843. The largest absolute Gasteiger partial charge is 0.378 e. The van der Waals surface area contributed by atoms with E-state index >= 15 is 0 Å². The Morgan fingerprint density at radius 2 is 2.08 bits per heavy atom. The summed E-state index contributed by atoms with van der Waals surface area (Å²) in [4.78, 5) is 0. The molecule has 2 N–H and O–H groups in total. The minimum absolute atomic E-state index is 0.330. The zero-order valence-corrected chi connectivity index (χ0v) is 8.59. The summed E-state index contributed by atoms with van der Waals surface area (Å²) < 4.78 is 5.69. The standard InChI is InChI=1S/C11H21NO/c1-9-11(8-12,6-7-13-9)10-4-2-3-5-10/h9-10H,2-8,12H2,1H3. The van der Waals surface area contributed by atoms with E-state index in [0.29, 0.717) is 11.5 Å². The molecule has 0 bridgehead atoms. The van der Waals surface area contributed by atoms with Crippen molar-refractivity contribution >= 4 is 0 Å². The first-order valence-corrected chi connectivity index (χ1v) is 5.61. The Hall–Kier alpha value is -0.0800. The fraction of sp³-hybridized carbons (Fsp3) is 1.00. The van der Waals surface area contributed by atoms with Crippen LogP contribution in [0.4, 0.5) is 0 Å². The molecule has 2 aliphatic rings. The molecule has 2 unspecified atom stereocenters. The average molecular weight is 183 g/mol. The predicted molar refractivity (Wildman–Crippen MR) is 53.5 cm³/mol. The van der Waals surface area contributed by atoms with Crippen LogP contribution in [0, 0.1) is 11.3 Å². The van der Waals surface area contributed by atoms with Crippen LogP contribution >= 0.6 is 0 Å². The van der Waals surface area contributed by atoms with E-state index in [1.165, 1.54) is 32.1 Å². The highest BCUT2D eigenvalue weighted by Crippen LogP contribution is 2.47. The summed E-state index contributed by atoms with van der Waals surface area (Å²) in [7, 11) is 0. The highest BCUT2D eigenvalue weighted by molar-refractivity contribution is 4.97. The Morgan fingerprint density at radius 1 is 1.38 bits per heavy atom. The highest BCUT2D eigenvalue weighted by atomic mass is 16.5. The van der Waals surface area contributed by atoms with Gasteiger partial charge < -0.3 is 10.5 Å². The van der Waals surface area contributed by atoms with Gasteiger partial charge in [-0.2, -0.15) is 0 Å². The van der Waals surface area contributed by atoms with Gasteiger partial charge in [-0.05, 0) is 32.1 Å². The van der Waals surface area contributed by atoms with Crippen LogP contribution in [-0.2, 0) is 4.74 Å². The first-order chi connectivity index (χ1) is 6.29. The molecule has 1 saturated heterocycles. The molecule has 76 valence electrons. The molecule has 0 aromatic rings. The van der Waals surface area contributed by atoms with Crippen molar-refractivity contribution in [2.24, 2.45) is 17.1 Å². The topological polar surface area (TPSA) is 35.2 Å². The SMILES string of the molecule is CC1OCCC1(CN)C1CCCC1. The minimum Gasteiger partial charge on any atom is -0.378 e. The van der Waals surface area contributed by atoms with E-state index in [2.05, 4.69) is 6.92 Å². The van der Waals surface area contributed by atoms with Crippen LogP contribution in [0.15, 0.2) is 0 Å². The van der Waals surface area contributed by atoms with Crippen molar-refractivity contribution in [3.63, 3.8) is 0 Å². The van der Waals surface area contributed by atoms with Gasteiger partial charge in [-0.3, -0.25) is 0 Å². The van der Waals surface area contributed by atoms with Gasteiger partial charge in [-0.25, -0.2) is 0 Å². The van der Waals surface area contributed by atoms with Gasteiger partial charge in [0.2, 0.25) is 0 Å². The van der Waals surface area contributed by atoms with Crippen molar-refractivity contribution < 1.29 is 4.74 Å². The Bertz CT molecular complexity index is 177. The van der Waals surface area contributed by atoms with Crippen LogP contribution in [0.1, 0.15) is 39.0 Å². The van der Waals surface area contributed by atoms with Gasteiger partial charge >= 0.3 is 0 Å². The van der Waals surface area contributed by atoms with Crippen LogP contribution in [0.25, 0.3) is 0 Å². The quantitative estimate of drug-likeness (QED) is 0.710. The van der Waals surface area contributed by atoms with Crippen LogP contribution in [0.3, 0.4) is 0 Å². The Morgan fingerprint density at radius 3 is 2.54 bits per heavy atom. The lowest BCUT2D eigenvalue weighted by Gasteiger charge is -2.36. The lowest BCUT2D eigenvalue weighted by molar-refractivity contribution is 0.0346. The summed E-state index contributed by atoms with van der Waals surface area (Å²) >= 11 is 0. The number of ether oxygens (including phenoxy) is 1. The fourth-order valence-electron chi connectivity index (χ4n) is 3.27. The molecule has 1 aliphatic heterocycles. The molecule has 2 atom stereocenters. The molecule has 0 spiro atoms. The highest BCUT2D eigenvalue weighted by Gasteiger charge is 2.46.